The molecular weight excluding hydrogens is 336 g/mol. The number of ether oxygens (including phenoxy) is 2. The summed E-state index contributed by atoms with van der Waals surface area (Å²) in [5.74, 6) is 0.876. The van der Waals surface area contributed by atoms with Crippen molar-refractivity contribution in [3.63, 3.8) is 0 Å². The molecule has 0 saturated carbocycles. The third-order valence-electron chi connectivity index (χ3n) is 4.16. The molecule has 2 heterocycles. The van der Waals surface area contributed by atoms with Crippen LogP contribution in [-0.4, -0.2) is 60.6 Å². The minimum Gasteiger partial charge on any atom is -0.507 e. The van der Waals surface area contributed by atoms with Crippen LogP contribution in [0.1, 0.15) is 6.42 Å². The van der Waals surface area contributed by atoms with Gasteiger partial charge in [-0.05, 0) is 18.6 Å². The molecule has 1 unspecified atom stereocenters. The van der Waals surface area contributed by atoms with Crippen LogP contribution in [0.4, 0.5) is 10.6 Å². The maximum Gasteiger partial charge on any atom is 0.407 e. The highest BCUT2D eigenvalue weighted by Crippen LogP contribution is 2.28. The Hall–Kier alpha value is -2.87. The lowest BCUT2D eigenvalue weighted by Crippen LogP contribution is -2.38. The number of para-hydroxylation sites is 1. The second-order valence-corrected chi connectivity index (χ2v) is 5.98. The number of amides is 1. The van der Waals surface area contributed by atoms with Crippen LogP contribution >= 0.6 is 0 Å². The van der Waals surface area contributed by atoms with Gasteiger partial charge in [0.1, 0.15) is 18.2 Å². The summed E-state index contributed by atoms with van der Waals surface area (Å²) in [6.07, 6.45) is 3.66. The summed E-state index contributed by atoms with van der Waals surface area (Å²) < 4.78 is 9.87. The first-order valence-corrected chi connectivity index (χ1v) is 8.45. The van der Waals surface area contributed by atoms with Gasteiger partial charge in [0.2, 0.25) is 0 Å². The quantitative estimate of drug-likeness (QED) is 0.760. The Balaban J connectivity index is 1.62. The molecule has 1 aliphatic heterocycles. The molecule has 26 heavy (non-hydrogen) atoms. The third kappa shape index (κ3) is 4.40. The average molecular weight is 358 g/mol. The van der Waals surface area contributed by atoms with E-state index in [0.29, 0.717) is 30.2 Å². The summed E-state index contributed by atoms with van der Waals surface area (Å²) >= 11 is 0. The first-order chi connectivity index (χ1) is 12.7. The van der Waals surface area contributed by atoms with Crippen LogP contribution in [0.5, 0.6) is 5.75 Å². The topological polar surface area (TPSA) is 96.8 Å². The van der Waals surface area contributed by atoms with Gasteiger partial charge >= 0.3 is 6.09 Å². The Morgan fingerprint density at radius 2 is 2.19 bits per heavy atom. The maximum atomic E-state index is 11.7. The first kappa shape index (κ1) is 17.9. The number of anilines is 1. The molecule has 138 valence electrons. The van der Waals surface area contributed by atoms with Crippen molar-refractivity contribution < 1.29 is 19.4 Å². The van der Waals surface area contributed by atoms with Gasteiger partial charge in [0.15, 0.2) is 0 Å². The van der Waals surface area contributed by atoms with Gasteiger partial charge in [0.05, 0.1) is 30.7 Å². The molecule has 1 aromatic heterocycles. The molecule has 1 fully saturated rings. The molecule has 0 aliphatic carbocycles. The Bertz CT molecular complexity index is 755. The van der Waals surface area contributed by atoms with Gasteiger partial charge in [0, 0.05) is 25.8 Å². The van der Waals surface area contributed by atoms with E-state index in [2.05, 4.69) is 20.2 Å². The SMILES string of the molecule is COCCOC(=O)NC1CCN(c2cncc(-c3ccccc3O)n2)C1. The van der Waals surface area contributed by atoms with E-state index in [0.717, 1.165) is 13.0 Å². The van der Waals surface area contributed by atoms with Gasteiger partial charge in [-0.2, -0.15) is 0 Å². The normalized spacial score (nSPS) is 16.5. The number of phenols is 1. The summed E-state index contributed by atoms with van der Waals surface area (Å²) in [7, 11) is 1.56. The molecule has 8 nitrogen and oxygen atoms in total. The van der Waals surface area contributed by atoms with Crippen molar-refractivity contribution in [2.75, 3.05) is 38.3 Å². The number of aromatic nitrogens is 2. The summed E-state index contributed by atoms with van der Waals surface area (Å²) in [5.41, 5.74) is 1.24. The predicted octanol–water partition coefficient (Wildman–Crippen LogP) is 1.80. The Kier molecular flexibility index (Phi) is 5.85. The molecule has 1 atom stereocenters. The van der Waals surface area contributed by atoms with Gasteiger partial charge in [-0.25, -0.2) is 9.78 Å². The van der Waals surface area contributed by atoms with E-state index in [9.17, 15) is 9.90 Å². The predicted molar refractivity (Wildman–Crippen MR) is 96.1 cm³/mol. The van der Waals surface area contributed by atoms with E-state index in [1.54, 1.807) is 37.7 Å². The van der Waals surface area contributed by atoms with Crippen molar-refractivity contribution in [3.05, 3.63) is 36.7 Å². The maximum absolute atomic E-state index is 11.7. The van der Waals surface area contributed by atoms with Crippen LogP contribution in [0, 0.1) is 0 Å². The number of carbonyl (C=O) groups is 1. The van der Waals surface area contributed by atoms with E-state index >= 15 is 0 Å². The molecule has 0 bridgehead atoms. The lowest BCUT2D eigenvalue weighted by Gasteiger charge is -2.18. The van der Waals surface area contributed by atoms with E-state index < -0.39 is 6.09 Å². The number of alkyl carbamates (subject to hydrolysis) is 1. The third-order valence-corrected chi connectivity index (χ3v) is 4.16. The number of nitrogens with one attached hydrogen (secondary N) is 1. The second kappa shape index (κ2) is 8.48. The zero-order chi connectivity index (χ0) is 18.4. The zero-order valence-corrected chi connectivity index (χ0v) is 14.6. The van der Waals surface area contributed by atoms with Crippen molar-refractivity contribution in [2.24, 2.45) is 0 Å². The van der Waals surface area contributed by atoms with Gasteiger partial charge in [-0.3, -0.25) is 4.98 Å². The van der Waals surface area contributed by atoms with E-state index in [1.165, 1.54) is 0 Å². The highest BCUT2D eigenvalue weighted by molar-refractivity contribution is 5.68. The van der Waals surface area contributed by atoms with E-state index in [-0.39, 0.29) is 18.4 Å². The van der Waals surface area contributed by atoms with Gasteiger partial charge in [-0.1, -0.05) is 12.1 Å². The molecule has 0 spiro atoms. The number of carbonyl (C=O) groups excluding carboxylic acids is 1. The van der Waals surface area contributed by atoms with Crippen LogP contribution in [0.25, 0.3) is 11.3 Å². The minimum atomic E-state index is -0.442. The molecule has 2 N–H and O–H groups in total. The molecule has 1 amide bonds. The van der Waals surface area contributed by atoms with Crippen molar-refractivity contribution in [2.45, 2.75) is 12.5 Å². The van der Waals surface area contributed by atoms with Gasteiger partial charge in [-0.15, -0.1) is 0 Å². The van der Waals surface area contributed by atoms with Crippen molar-refractivity contribution in [1.82, 2.24) is 15.3 Å². The highest BCUT2D eigenvalue weighted by Gasteiger charge is 2.25. The lowest BCUT2D eigenvalue weighted by molar-refractivity contribution is 0.0969. The number of phenolic OH excluding ortho intramolecular Hbond substituents is 1. The van der Waals surface area contributed by atoms with Crippen LogP contribution in [0.2, 0.25) is 0 Å². The summed E-state index contributed by atoms with van der Waals surface area (Å²) in [4.78, 5) is 22.6. The van der Waals surface area contributed by atoms with Crippen LogP contribution in [-0.2, 0) is 9.47 Å². The standard InChI is InChI=1S/C18H22N4O4/c1-25-8-9-26-18(24)20-13-6-7-22(12-13)17-11-19-10-15(21-17)14-4-2-3-5-16(14)23/h2-5,10-11,13,23H,6-9,12H2,1H3,(H,20,24). The Morgan fingerprint density at radius 1 is 1.35 bits per heavy atom. The summed E-state index contributed by atoms with van der Waals surface area (Å²) in [6.45, 7) is 1.98. The van der Waals surface area contributed by atoms with Gasteiger partial charge in [0.25, 0.3) is 0 Å². The van der Waals surface area contributed by atoms with Crippen LogP contribution in [0.15, 0.2) is 36.7 Å². The molecule has 1 saturated heterocycles. The molecule has 2 aromatic rings. The fourth-order valence-electron chi connectivity index (χ4n) is 2.84. The Labute approximate surface area is 151 Å². The largest absolute Gasteiger partial charge is 0.507 e. The lowest BCUT2D eigenvalue weighted by atomic mass is 10.1. The number of aromatic hydroxyl groups is 1. The first-order valence-electron chi connectivity index (χ1n) is 8.45. The summed E-state index contributed by atoms with van der Waals surface area (Å²) in [6, 6.07) is 7.01. The van der Waals surface area contributed by atoms with Crippen LogP contribution in [0.3, 0.4) is 0 Å². The van der Waals surface area contributed by atoms with Crippen molar-refractivity contribution in [3.8, 4) is 17.0 Å². The van der Waals surface area contributed by atoms with E-state index in [4.69, 9.17) is 9.47 Å². The number of methoxy groups -OCH3 is 1. The van der Waals surface area contributed by atoms with Gasteiger partial charge < -0.3 is 24.8 Å². The molecule has 3 rings (SSSR count). The number of hydrogen-bond donors (Lipinski definition) is 2. The molecular formula is C18H22N4O4. The fourth-order valence-corrected chi connectivity index (χ4v) is 2.84. The average Bonchev–Trinajstić information content (AvgIpc) is 3.11. The zero-order valence-electron chi connectivity index (χ0n) is 14.6. The van der Waals surface area contributed by atoms with Crippen molar-refractivity contribution >= 4 is 11.9 Å². The highest BCUT2D eigenvalue weighted by atomic mass is 16.6. The van der Waals surface area contributed by atoms with Crippen LogP contribution < -0.4 is 10.2 Å². The smallest absolute Gasteiger partial charge is 0.407 e. The molecule has 8 heteroatoms. The molecule has 1 aliphatic rings. The monoisotopic (exact) mass is 358 g/mol. The Morgan fingerprint density at radius 3 is 3.00 bits per heavy atom. The fraction of sp³-hybridized carbons (Fsp3) is 0.389. The number of nitrogens with zero attached hydrogens (tertiary/aromatic N) is 3. The molecule has 0 radical (unpaired) electrons. The van der Waals surface area contributed by atoms with Crippen molar-refractivity contribution in [1.29, 1.82) is 0 Å². The molecule has 1 aromatic carbocycles. The number of benzene rings is 1. The summed E-state index contributed by atoms with van der Waals surface area (Å²) in [5, 5.41) is 12.8. The number of hydrogen-bond acceptors (Lipinski definition) is 7. The second-order valence-electron chi connectivity index (χ2n) is 5.98. The van der Waals surface area contributed by atoms with E-state index in [1.807, 2.05) is 6.07 Å². The number of rotatable bonds is 6. The minimum absolute atomic E-state index is 0.0133.